The van der Waals surface area contributed by atoms with Gasteiger partial charge >= 0.3 is 11.9 Å². The molecule has 202 valence electrons. The third-order valence-corrected chi connectivity index (χ3v) is 4.98. The number of rotatable bonds is 16. The number of hydrogen-bond acceptors (Lipinski definition) is 8. The molecule has 0 aliphatic carbocycles. The van der Waals surface area contributed by atoms with Crippen LogP contribution in [0.2, 0.25) is 0 Å². The molecule has 0 aliphatic rings. The zero-order valence-electron chi connectivity index (χ0n) is 19.7. The summed E-state index contributed by atoms with van der Waals surface area (Å²) in [4.78, 5) is 82.9. The topological polar surface area (TPSA) is 274 Å². The molecule has 15 heteroatoms. The largest absolute Gasteiger partial charge is 0.481 e. The molecule has 0 bridgehead atoms. The summed E-state index contributed by atoms with van der Waals surface area (Å²) in [5.74, 6) is -8.03. The number of nitrogens with two attached hydrogens (primary N) is 3. The van der Waals surface area contributed by atoms with E-state index in [0.29, 0.717) is 0 Å². The van der Waals surface area contributed by atoms with Gasteiger partial charge in [0.25, 0.3) is 0 Å². The fourth-order valence-electron chi connectivity index (χ4n) is 3.12. The Balaban J connectivity index is 3.01. The molecule has 0 saturated heterocycles. The summed E-state index contributed by atoms with van der Waals surface area (Å²) in [5, 5.41) is 24.7. The van der Waals surface area contributed by atoms with E-state index in [-0.39, 0.29) is 19.3 Å². The van der Waals surface area contributed by atoms with Crippen molar-refractivity contribution in [1.29, 1.82) is 0 Å². The maximum atomic E-state index is 12.9. The molecule has 37 heavy (non-hydrogen) atoms. The molecular weight excluding hydrogens is 492 g/mol. The van der Waals surface area contributed by atoms with Gasteiger partial charge in [0.15, 0.2) is 0 Å². The second-order valence-corrected chi connectivity index (χ2v) is 8.09. The minimum absolute atomic E-state index is 0.122. The molecule has 0 aliphatic heterocycles. The third kappa shape index (κ3) is 11.6. The molecule has 1 rings (SSSR count). The van der Waals surface area contributed by atoms with Crippen molar-refractivity contribution in [3.63, 3.8) is 0 Å². The summed E-state index contributed by atoms with van der Waals surface area (Å²) < 4.78 is 0. The molecule has 0 fully saturated rings. The van der Waals surface area contributed by atoms with Gasteiger partial charge in [0.1, 0.15) is 18.1 Å². The van der Waals surface area contributed by atoms with Gasteiger partial charge in [0.05, 0.1) is 18.9 Å². The molecule has 4 atom stereocenters. The van der Waals surface area contributed by atoms with Gasteiger partial charge < -0.3 is 43.4 Å². The van der Waals surface area contributed by atoms with Gasteiger partial charge in [-0.3, -0.25) is 28.8 Å². The Hall–Kier alpha value is -4.53. The number of carboxylic acid groups (broad SMARTS) is 2. The fourth-order valence-corrected chi connectivity index (χ4v) is 3.12. The first-order valence-electron chi connectivity index (χ1n) is 11.0. The summed E-state index contributed by atoms with van der Waals surface area (Å²) in [6.07, 6.45) is -2.28. The van der Waals surface area contributed by atoms with E-state index in [0.717, 1.165) is 5.56 Å². The van der Waals surface area contributed by atoms with Crippen molar-refractivity contribution in [3.05, 3.63) is 35.9 Å². The summed E-state index contributed by atoms with van der Waals surface area (Å²) in [7, 11) is 0. The first-order valence-corrected chi connectivity index (χ1v) is 11.0. The average molecular weight is 523 g/mol. The molecule has 11 N–H and O–H groups in total. The number of carbonyl (C=O) groups is 7. The molecule has 0 spiro atoms. The molecule has 0 aromatic heterocycles. The number of carbonyl (C=O) groups excluding carboxylic acids is 5. The first-order chi connectivity index (χ1) is 17.3. The average Bonchev–Trinajstić information content (AvgIpc) is 2.80. The third-order valence-electron chi connectivity index (χ3n) is 4.98. The summed E-state index contributed by atoms with van der Waals surface area (Å²) >= 11 is 0. The van der Waals surface area contributed by atoms with Crippen LogP contribution in [0.5, 0.6) is 0 Å². The Morgan fingerprint density at radius 3 is 1.78 bits per heavy atom. The number of primary amides is 2. The number of amides is 5. The van der Waals surface area contributed by atoms with Crippen LogP contribution in [0.1, 0.15) is 31.2 Å². The van der Waals surface area contributed by atoms with Gasteiger partial charge in [-0.05, 0) is 18.4 Å². The zero-order valence-corrected chi connectivity index (χ0v) is 19.7. The van der Waals surface area contributed by atoms with Gasteiger partial charge in [0.2, 0.25) is 29.5 Å². The lowest BCUT2D eigenvalue weighted by atomic mass is 10.0. The van der Waals surface area contributed by atoms with Crippen molar-refractivity contribution < 1.29 is 43.8 Å². The smallest absolute Gasteiger partial charge is 0.326 e. The minimum Gasteiger partial charge on any atom is -0.481 e. The second kappa shape index (κ2) is 14.8. The quantitative estimate of drug-likeness (QED) is 0.107. The maximum Gasteiger partial charge on any atom is 0.326 e. The monoisotopic (exact) mass is 522 g/mol. The molecule has 4 unspecified atom stereocenters. The van der Waals surface area contributed by atoms with Crippen LogP contribution in [0.3, 0.4) is 0 Å². The summed E-state index contributed by atoms with van der Waals surface area (Å²) in [6.45, 7) is 0. The lowest BCUT2D eigenvalue weighted by Crippen LogP contribution is -2.58. The van der Waals surface area contributed by atoms with Gasteiger partial charge in [-0.1, -0.05) is 30.3 Å². The fraction of sp³-hybridized carbons (Fsp3) is 0.409. The lowest BCUT2D eigenvalue weighted by molar-refractivity contribution is -0.144. The van der Waals surface area contributed by atoms with Gasteiger partial charge in [0, 0.05) is 6.42 Å². The molecule has 0 heterocycles. The Bertz CT molecular complexity index is 1020. The predicted molar refractivity (Wildman–Crippen MR) is 126 cm³/mol. The Kier molecular flexibility index (Phi) is 12.2. The van der Waals surface area contributed by atoms with Gasteiger partial charge in [-0.25, -0.2) is 4.79 Å². The van der Waals surface area contributed by atoms with E-state index in [1.807, 2.05) is 5.32 Å². The van der Waals surface area contributed by atoms with E-state index in [2.05, 4.69) is 10.6 Å². The maximum absolute atomic E-state index is 12.9. The molecule has 1 aromatic rings. The highest BCUT2D eigenvalue weighted by atomic mass is 16.4. The number of aliphatic carboxylic acids is 2. The van der Waals surface area contributed by atoms with Crippen LogP contribution in [-0.2, 0) is 40.0 Å². The van der Waals surface area contributed by atoms with Crippen LogP contribution < -0.4 is 33.2 Å². The van der Waals surface area contributed by atoms with Crippen LogP contribution in [0.15, 0.2) is 30.3 Å². The van der Waals surface area contributed by atoms with Crippen molar-refractivity contribution in [1.82, 2.24) is 16.0 Å². The SMILES string of the molecule is NC(=O)CCC(NC(=O)C(N)Cc1ccccc1)C(=O)NC(CC(=O)O)C(=O)NC(CC(N)=O)C(=O)O. The molecule has 1 aromatic carbocycles. The van der Waals surface area contributed by atoms with E-state index >= 15 is 0 Å². The van der Waals surface area contributed by atoms with Crippen LogP contribution in [0, 0.1) is 0 Å². The van der Waals surface area contributed by atoms with E-state index in [4.69, 9.17) is 27.4 Å². The molecule has 0 saturated carbocycles. The minimum atomic E-state index is -1.80. The Labute approximate surface area is 211 Å². The van der Waals surface area contributed by atoms with Crippen LogP contribution in [-0.4, -0.2) is 75.9 Å². The predicted octanol–water partition coefficient (Wildman–Crippen LogP) is -3.29. The highest BCUT2D eigenvalue weighted by molar-refractivity contribution is 5.96. The van der Waals surface area contributed by atoms with Crippen LogP contribution >= 0.6 is 0 Å². The van der Waals surface area contributed by atoms with Gasteiger partial charge in [-0.2, -0.15) is 0 Å². The van der Waals surface area contributed by atoms with Crippen molar-refractivity contribution in [2.75, 3.05) is 0 Å². The van der Waals surface area contributed by atoms with Crippen molar-refractivity contribution in [2.45, 2.75) is 56.3 Å². The van der Waals surface area contributed by atoms with E-state index < -0.39 is 78.5 Å². The van der Waals surface area contributed by atoms with Crippen molar-refractivity contribution >= 4 is 41.5 Å². The van der Waals surface area contributed by atoms with E-state index in [1.165, 1.54) is 0 Å². The normalized spacial score (nSPS) is 13.8. The van der Waals surface area contributed by atoms with E-state index in [9.17, 15) is 33.6 Å². The molecule has 5 amide bonds. The second-order valence-electron chi connectivity index (χ2n) is 8.09. The number of benzene rings is 1. The molecule has 0 radical (unpaired) electrons. The first kappa shape index (κ1) is 30.5. The standard InChI is InChI=1S/C22H30N6O9/c23-12(8-11-4-2-1-3-5-11)19(33)26-13(6-7-16(24)29)20(34)27-14(10-18(31)32)21(35)28-15(22(36)37)9-17(25)30/h1-5,12-15H,6-10,23H2,(H2,24,29)(H2,25,30)(H,26,33)(H,27,34)(H,28,35)(H,31,32)(H,36,37). The highest BCUT2D eigenvalue weighted by Gasteiger charge is 2.32. The van der Waals surface area contributed by atoms with Crippen molar-refractivity contribution in [2.24, 2.45) is 17.2 Å². The molecule has 15 nitrogen and oxygen atoms in total. The summed E-state index contributed by atoms with van der Waals surface area (Å²) in [6, 6.07) is 2.64. The van der Waals surface area contributed by atoms with Crippen LogP contribution in [0.4, 0.5) is 0 Å². The zero-order chi connectivity index (χ0) is 28.1. The van der Waals surface area contributed by atoms with Crippen LogP contribution in [0.25, 0.3) is 0 Å². The number of nitrogens with one attached hydrogen (secondary N) is 3. The molecular formula is C22H30N6O9. The van der Waals surface area contributed by atoms with Gasteiger partial charge in [-0.15, -0.1) is 0 Å². The van der Waals surface area contributed by atoms with E-state index in [1.54, 1.807) is 30.3 Å². The number of hydrogen-bond donors (Lipinski definition) is 8. The Morgan fingerprint density at radius 1 is 0.730 bits per heavy atom. The number of carboxylic acids is 2. The Morgan fingerprint density at radius 2 is 1.27 bits per heavy atom. The highest BCUT2D eigenvalue weighted by Crippen LogP contribution is 2.05. The summed E-state index contributed by atoms with van der Waals surface area (Å²) in [5.41, 5.74) is 16.7. The lowest BCUT2D eigenvalue weighted by Gasteiger charge is -2.24. The van der Waals surface area contributed by atoms with Crippen molar-refractivity contribution in [3.8, 4) is 0 Å².